The minimum absolute atomic E-state index is 0.0978. The van der Waals surface area contributed by atoms with Gasteiger partial charge >= 0.3 is 0 Å². The number of hydrogen-bond acceptors (Lipinski definition) is 3. The highest BCUT2D eigenvalue weighted by atomic mass is 79.9. The van der Waals surface area contributed by atoms with Gasteiger partial charge in [0.1, 0.15) is 5.75 Å². The normalized spacial score (nSPS) is 10.3. The first kappa shape index (κ1) is 15.1. The Balaban J connectivity index is 1.96. The molecule has 0 saturated heterocycles. The van der Waals surface area contributed by atoms with Gasteiger partial charge < -0.3 is 9.64 Å². The van der Waals surface area contributed by atoms with E-state index in [2.05, 4.69) is 21.3 Å². The highest BCUT2D eigenvalue weighted by molar-refractivity contribution is 9.11. The molecule has 106 valence electrons. The van der Waals surface area contributed by atoms with Crippen molar-refractivity contribution in [1.29, 1.82) is 0 Å². The van der Waals surface area contributed by atoms with Gasteiger partial charge in [-0.3, -0.25) is 4.79 Å². The van der Waals surface area contributed by atoms with Crippen LogP contribution in [-0.4, -0.2) is 25.0 Å². The Hall–Kier alpha value is -1.33. The van der Waals surface area contributed by atoms with E-state index in [0.29, 0.717) is 13.0 Å². The Morgan fingerprint density at radius 2 is 2.15 bits per heavy atom. The second-order valence-electron chi connectivity index (χ2n) is 4.54. The molecular weight excluding hydrogens is 338 g/mol. The molecule has 2 aromatic rings. The maximum atomic E-state index is 12.2. The molecule has 1 heterocycles. The van der Waals surface area contributed by atoms with Crippen molar-refractivity contribution >= 4 is 33.2 Å². The second-order valence-corrected chi connectivity index (χ2v) is 6.83. The molecule has 0 N–H and O–H groups in total. The number of rotatable bonds is 5. The topological polar surface area (TPSA) is 29.5 Å². The summed E-state index contributed by atoms with van der Waals surface area (Å²) in [5.41, 5.74) is 2.11. The molecule has 20 heavy (non-hydrogen) atoms. The molecule has 0 bridgehead atoms. The molecule has 0 fully saturated rings. The lowest BCUT2D eigenvalue weighted by atomic mass is 10.1. The summed E-state index contributed by atoms with van der Waals surface area (Å²) in [7, 11) is 3.45. The lowest BCUT2D eigenvalue weighted by Crippen LogP contribution is -2.27. The van der Waals surface area contributed by atoms with E-state index >= 15 is 0 Å². The highest BCUT2D eigenvalue weighted by Gasteiger charge is 2.11. The van der Waals surface area contributed by atoms with Crippen LogP contribution in [0.15, 0.2) is 39.5 Å². The summed E-state index contributed by atoms with van der Waals surface area (Å²) in [6, 6.07) is 9.65. The summed E-state index contributed by atoms with van der Waals surface area (Å²) in [5, 5.41) is 2.05. The number of ether oxygens (including phenoxy) is 1. The van der Waals surface area contributed by atoms with Crippen molar-refractivity contribution in [2.24, 2.45) is 0 Å². The first-order valence-corrected chi connectivity index (χ1v) is 7.85. The van der Waals surface area contributed by atoms with Crippen molar-refractivity contribution in [2.75, 3.05) is 14.2 Å². The first-order valence-electron chi connectivity index (χ1n) is 6.18. The van der Waals surface area contributed by atoms with Crippen molar-refractivity contribution in [3.63, 3.8) is 0 Å². The number of benzene rings is 1. The van der Waals surface area contributed by atoms with Gasteiger partial charge in [0.15, 0.2) is 0 Å². The van der Waals surface area contributed by atoms with E-state index in [1.165, 1.54) is 0 Å². The third kappa shape index (κ3) is 4.08. The number of hydrogen-bond donors (Lipinski definition) is 0. The van der Waals surface area contributed by atoms with E-state index < -0.39 is 0 Å². The Bertz CT molecular complexity index is 597. The second kappa shape index (κ2) is 6.90. The molecule has 3 nitrogen and oxygen atoms in total. The monoisotopic (exact) mass is 353 g/mol. The number of carbonyl (C=O) groups is 1. The molecule has 5 heteroatoms. The maximum Gasteiger partial charge on any atom is 0.227 e. The molecule has 0 saturated carbocycles. The number of methoxy groups -OCH3 is 1. The van der Waals surface area contributed by atoms with E-state index in [1.54, 1.807) is 23.3 Å². The molecule has 0 spiro atoms. The summed E-state index contributed by atoms with van der Waals surface area (Å²) >= 11 is 5.06. The fraction of sp³-hybridized carbons (Fsp3) is 0.267. The molecule has 0 unspecified atom stereocenters. The lowest BCUT2D eigenvalue weighted by molar-refractivity contribution is -0.129. The number of nitrogens with zero attached hydrogens (tertiary/aromatic N) is 1. The van der Waals surface area contributed by atoms with Gasteiger partial charge in [0.2, 0.25) is 5.91 Å². The van der Waals surface area contributed by atoms with Gasteiger partial charge in [0.05, 0.1) is 17.3 Å². The standard InChI is InChI=1S/C15H16BrNO2S/c1-17(9-12-7-14(16)20-10-12)15(18)8-11-4-3-5-13(6-11)19-2/h3-7,10H,8-9H2,1-2H3. The minimum Gasteiger partial charge on any atom is -0.497 e. The molecule has 0 aliphatic rings. The summed E-state index contributed by atoms with van der Waals surface area (Å²) in [5.74, 6) is 0.875. The summed E-state index contributed by atoms with van der Waals surface area (Å²) in [4.78, 5) is 13.9. The quantitative estimate of drug-likeness (QED) is 0.819. The van der Waals surface area contributed by atoms with Crippen LogP contribution in [0.2, 0.25) is 0 Å². The van der Waals surface area contributed by atoms with Crippen molar-refractivity contribution in [2.45, 2.75) is 13.0 Å². The number of likely N-dealkylation sites (N-methyl/N-ethyl adjacent to an activating group) is 1. The predicted octanol–water partition coefficient (Wildman–Crippen LogP) is 3.72. The largest absolute Gasteiger partial charge is 0.497 e. The van der Waals surface area contributed by atoms with Crippen molar-refractivity contribution in [1.82, 2.24) is 4.90 Å². The van der Waals surface area contributed by atoms with E-state index in [9.17, 15) is 4.79 Å². The van der Waals surface area contributed by atoms with E-state index in [0.717, 1.165) is 20.7 Å². The van der Waals surface area contributed by atoms with E-state index in [-0.39, 0.29) is 5.91 Å². The Morgan fingerprint density at radius 1 is 1.35 bits per heavy atom. The van der Waals surface area contributed by atoms with Crippen LogP contribution in [0, 0.1) is 0 Å². The number of thiophene rings is 1. The Morgan fingerprint density at radius 3 is 2.80 bits per heavy atom. The first-order chi connectivity index (χ1) is 9.58. The van der Waals surface area contributed by atoms with Crippen LogP contribution in [0.5, 0.6) is 5.75 Å². The van der Waals surface area contributed by atoms with Crippen LogP contribution in [0.3, 0.4) is 0 Å². The van der Waals surface area contributed by atoms with Gasteiger partial charge in [-0.2, -0.15) is 0 Å². The van der Waals surface area contributed by atoms with Crippen LogP contribution >= 0.6 is 27.3 Å². The Kier molecular flexibility index (Phi) is 5.20. The molecular formula is C15H16BrNO2S. The third-order valence-electron chi connectivity index (χ3n) is 2.96. The summed E-state index contributed by atoms with van der Waals surface area (Å²) in [6.07, 6.45) is 0.388. The minimum atomic E-state index is 0.0978. The maximum absolute atomic E-state index is 12.2. The van der Waals surface area contributed by atoms with Crippen molar-refractivity contribution < 1.29 is 9.53 Å². The van der Waals surface area contributed by atoms with Gasteiger partial charge in [-0.15, -0.1) is 11.3 Å². The zero-order valence-corrected chi connectivity index (χ0v) is 13.8. The SMILES string of the molecule is COc1cccc(CC(=O)N(C)Cc2csc(Br)c2)c1. The fourth-order valence-corrected chi connectivity index (χ4v) is 3.08. The molecule has 1 amide bonds. The molecule has 1 aromatic heterocycles. The smallest absolute Gasteiger partial charge is 0.227 e. The molecule has 1 aromatic carbocycles. The van der Waals surface area contributed by atoms with Gasteiger partial charge in [-0.1, -0.05) is 12.1 Å². The van der Waals surface area contributed by atoms with Crippen molar-refractivity contribution in [3.8, 4) is 5.75 Å². The third-order valence-corrected chi connectivity index (χ3v) is 4.51. The molecule has 0 atom stereocenters. The summed E-state index contributed by atoms with van der Waals surface area (Å²) < 4.78 is 6.25. The Labute approximate surface area is 131 Å². The number of amides is 1. The van der Waals surface area contributed by atoms with Gasteiger partial charge in [-0.25, -0.2) is 0 Å². The molecule has 0 aliphatic heterocycles. The van der Waals surface area contributed by atoms with Crippen molar-refractivity contribution in [3.05, 3.63) is 50.6 Å². The summed E-state index contributed by atoms with van der Waals surface area (Å²) in [6.45, 7) is 0.630. The molecule has 0 radical (unpaired) electrons. The fourth-order valence-electron chi connectivity index (χ4n) is 1.88. The van der Waals surface area contributed by atoms with Gasteiger partial charge in [0, 0.05) is 13.6 Å². The predicted molar refractivity (Wildman–Crippen MR) is 85.2 cm³/mol. The average Bonchev–Trinajstić information content (AvgIpc) is 2.84. The number of carbonyl (C=O) groups excluding carboxylic acids is 1. The number of halogens is 1. The van der Waals surface area contributed by atoms with Crippen LogP contribution in [0.25, 0.3) is 0 Å². The molecule has 0 aliphatic carbocycles. The van der Waals surface area contributed by atoms with Crippen LogP contribution in [0.4, 0.5) is 0 Å². The molecule has 2 rings (SSSR count). The van der Waals surface area contributed by atoms with Gasteiger partial charge in [-0.05, 0) is 50.6 Å². The highest BCUT2D eigenvalue weighted by Crippen LogP contribution is 2.21. The van der Waals surface area contributed by atoms with Crippen LogP contribution < -0.4 is 4.74 Å². The van der Waals surface area contributed by atoms with E-state index in [1.807, 2.05) is 37.4 Å². The average molecular weight is 354 g/mol. The zero-order valence-electron chi connectivity index (χ0n) is 11.4. The van der Waals surface area contributed by atoms with Gasteiger partial charge in [0.25, 0.3) is 0 Å². The van der Waals surface area contributed by atoms with Crippen LogP contribution in [0.1, 0.15) is 11.1 Å². The van der Waals surface area contributed by atoms with E-state index in [4.69, 9.17) is 4.74 Å². The zero-order chi connectivity index (χ0) is 14.5. The lowest BCUT2D eigenvalue weighted by Gasteiger charge is -2.16. The van der Waals surface area contributed by atoms with Crippen LogP contribution in [-0.2, 0) is 17.8 Å².